The Morgan fingerprint density at radius 3 is 2.29 bits per heavy atom. The highest BCUT2D eigenvalue weighted by Crippen LogP contribution is 2.24. The first-order chi connectivity index (χ1) is 11.6. The molecule has 0 aliphatic heterocycles. The summed E-state index contributed by atoms with van der Waals surface area (Å²) < 4.78 is 0. The van der Waals surface area contributed by atoms with E-state index >= 15 is 0 Å². The predicted octanol–water partition coefficient (Wildman–Crippen LogP) is 6.90. The molecule has 0 amide bonds. The van der Waals surface area contributed by atoms with Gasteiger partial charge in [-0.1, -0.05) is 71.8 Å². The first kappa shape index (κ1) is 20.5. The smallest absolute Gasteiger partial charge is 0.0345 e. The molecule has 1 N–H and O–H groups in total. The van der Waals surface area contributed by atoms with E-state index in [4.69, 9.17) is 0 Å². The highest BCUT2D eigenvalue weighted by atomic mass is 14.9. The van der Waals surface area contributed by atoms with Gasteiger partial charge in [0.05, 0.1) is 0 Å². The third-order valence-electron chi connectivity index (χ3n) is 4.73. The molecule has 1 aromatic rings. The first-order valence-corrected chi connectivity index (χ1v) is 9.79. The highest BCUT2D eigenvalue weighted by molar-refractivity contribution is 5.69. The lowest BCUT2D eigenvalue weighted by molar-refractivity contribution is 0.502. The molecule has 0 aliphatic rings. The minimum atomic E-state index is 0.531. The average molecular weight is 328 g/mol. The van der Waals surface area contributed by atoms with Crippen LogP contribution in [0.25, 0.3) is 11.8 Å². The van der Waals surface area contributed by atoms with Gasteiger partial charge in [-0.05, 0) is 55.4 Å². The summed E-state index contributed by atoms with van der Waals surface area (Å²) in [6, 6.07) is 5.14. The number of aryl methyl sites for hydroxylation is 2. The number of benzene rings is 1. The molecule has 24 heavy (non-hydrogen) atoms. The van der Waals surface area contributed by atoms with Gasteiger partial charge in [-0.25, -0.2) is 0 Å². The van der Waals surface area contributed by atoms with Crippen molar-refractivity contribution in [3.05, 3.63) is 47.5 Å². The molecule has 0 spiro atoms. The molecular weight excluding hydrogens is 290 g/mol. The van der Waals surface area contributed by atoms with Gasteiger partial charge in [0.2, 0.25) is 0 Å². The Hall–Kier alpha value is -1.50. The lowest BCUT2D eigenvalue weighted by Gasteiger charge is -2.22. The normalized spacial score (nSPS) is 10.9. The van der Waals surface area contributed by atoms with Gasteiger partial charge in [0.15, 0.2) is 0 Å². The van der Waals surface area contributed by atoms with E-state index in [0.29, 0.717) is 6.04 Å². The zero-order valence-electron chi connectivity index (χ0n) is 16.4. The third kappa shape index (κ3) is 6.19. The Morgan fingerprint density at radius 1 is 1.08 bits per heavy atom. The SMILES string of the molecule is C=Cc1cc(C(=C)NC(CCC)CCC)c(C)cc1CCCCC. The standard InChI is InChI=1S/C23H37N/c1-7-11-12-15-21-16-18(5)23(17-20(21)10-4)19(6)24-22(13-8-2)14-9-3/h10,16-17,22,24H,4,6-9,11-15H2,1-3,5H3. The quantitative estimate of drug-likeness (QED) is 0.412. The summed E-state index contributed by atoms with van der Waals surface area (Å²) in [6.45, 7) is 17.3. The van der Waals surface area contributed by atoms with Crippen molar-refractivity contribution in [2.45, 2.75) is 85.1 Å². The maximum atomic E-state index is 4.33. The Morgan fingerprint density at radius 2 is 1.75 bits per heavy atom. The van der Waals surface area contributed by atoms with Crippen LogP contribution in [0.1, 0.15) is 88.0 Å². The fraction of sp³-hybridized carbons (Fsp3) is 0.565. The minimum absolute atomic E-state index is 0.531. The summed E-state index contributed by atoms with van der Waals surface area (Å²) in [4.78, 5) is 0. The van der Waals surface area contributed by atoms with E-state index in [2.05, 4.69) is 58.3 Å². The van der Waals surface area contributed by atoms with Crippen LogP contribution in [0.15, 0.2) is 25.3 Å². The van der Waals surface area contributed by atoms with Gasteiger partial charge >= 0.3 is 0 Å². The van der Waals surface area contributed by atoms with Crippen molar-refractivity contribution in [2.24, 2.45) is 0 Å². The van der Waals surface area contributed by atoms with E-state index in [9.17, 15) is 0 Å². The van der Waals surface area contributed by atoms with Crippen molar-refractivity contribution < 1.29 is 0 Å². The fourth-order valence-corrected chi connectivity index (χ4v) is 3.39. The summed E-state index contributed by atoms with van der Waals surface area (Å²) in [5.41, 5.74) is 6.30. The maximum Gasteiger partial charge on any atom is 0.0345 e. The molecular formula is C23H37N. The topological polar surface area (TPSA) is 12.0 Å². The summed E-state index contributed by atoms with van der Waals surface area (Å²) in [6.07, 6.45) is 11.8. The summed E-state index contributed by atoms with van der Waals surface area (Å²) >= 11 is 0. The fourth-order valence-electron chi connectivity index (χ4n) is 3.39. The van der Waals surface area contributed by atoms with Crippen LogP contribution in [-0.4, -0.2) is 6.04 Å². The molecule has 1 nitrogen and oxygen atoms in total. The molecule has 0 aliphatic carbocycles. The van der Waals surface area contributed by atoms with E-state index in [-0.39, 0.29) is 0 Å². The average Bonchev–Trinajstić information content (AvgIpc) is 2.55. The molecule has 1 heteroatoms. The summed E-state index contributed by atoms with van der Waals surface area (Å²) in [7, 11) is 0. The van der Waals surface area contributed by atoms with Crippen molar-refractivity contribution in [3.63, 3.8) is 0 Å². The minimum Gasteiger partial charge on any atom is -0.382 e. The second-order valence-electron chi connectivity index (χ2n) is 6.92. The molecule has 134 valence electrons. The van der Waals surface area contributed by atoms with Crippen LogP contribution in [-0.2, 0) is 6.42 Å². The zero-order chi connectivity index (χ0) is 17.9. The molecule has 0 saturated carbocycles. The van der Waals surface area contributed by atoms with E-state index in [1.165, 1.54) is 67.2 Å². The van der Waals surface area contributed by atoms with E-state index in [0.717, 1.165) is 12.1 Å². The van der Waals surface area contributed by atoms with Crippen molar-refractivity contribution in [1.29, 1.82) is 0 Å². The largest absolute Gasteiger partial charge is 0.382 e. The van der Waals surface area contributed by atoms with E-state index < -0.39 is 0 Å². The molecule has 0 bridgehead atoms. The third-order valence-corrected chi connectivity index (χ3v) is 4.73. The lowest BCUT2D eigenvalue weighted by atomic mass is 9.94. The van der Waals surface area contributed by atoms with Crippen molar-refractivity contribution in [2.75, 3.05) is 0 Å². The van der Waals surface area contributed by atoms with Gasteiger partial charge in [0.25, 0.3) is 0 Å². The van der Waals surface area contributed by atoms with Crippen LogP contribution in [0.2, 0.25) is 0 Å². The molecule has 0 aromatic heterocycles. The molecule has 0 fully saturated rings. The second kappa shape index (κ2) is 11.1. The molecule has 0 heterocycles. The number of hydrogen-bond donors (Lipinski definition) is 1. The predicted molar refractivity (Wildman–Crippen MR) is 110 cm³/mol. The van der Waals surface area contributed by atoms with Crippen LogP contribution in [0.3, 0.4) is 0 Å². The number of nitrogens with one attached hydrogen (secondary N) is 1. The summed E-state index contributed by atoms with van der Waals surface area (Å²) in [5, 5.41) is 3.67. The number of unbranched alkanes of at least 4 members (excludes halogenated alkanes) is 2. The Kier molecular flexibility index (Phi) is 9.52. The van der Waals surface area contributed by atoms with E-state index in [1.54, 1.807) is 0 Å². The van der Waals surface area contributed by atoms with Crippen LogP contribution in [0.4, 0.5) is 0 Å². The second-order valence-corrected chi connectivity index (χ2v) is 6.92. The molecule has 1 rings (SSSR count). The van der Waals surface area contributed by atoms with E-state index in [1.807, 2.05) is 6.08 Å². The van der Waals surface area contributed by atoms with Crippen LogP contribution in [0.5, 0.6) is 0 Å². The Balaban J connectivity index is 2.93. The van der Waals surface area contributed by atoms with Crippen LogP contribution >= 0.6 is 0 Å². The Labute approximate surface area is 150 Å². The van der Waals surface area contributed by atoms with Gasteiger partial charge in [-0.2, -0.15) is 0 Å². The first-order valence-electron chi connectivity index (χ1n) is 9.79. The van der Waals surface area contributed by atoms with Crippen molar-refractivity contribution in [3.8, 4) is 0 Å². The van der Waals surface area contributed by atoms with Crippen molar-refractivity contribution >= 4 is 11.8 Å². The van der Waals surface area contributed by atoms with Crippen LogP contribution < -0.4 is 5.32 Å². The van der Waals surface area contributed by atoms with Gasteiger partial charge < -0.3 is 5.32 Å². The van der Waals surface area contributed by atoms with Gasteiger partial charge in [0.1, 0.15) is 0 Å². The molecule has 0 saturated heterocycles. The van der Waals surface area contributed by atoms with Crippen molar-refractivity contribution in [1.82, 2.24) is 5.32 Å². The monoisotopic (exact) mass is 327 g/mol. The Bertz CT molecular complexity index is 521. The number of rotatable bonds is 12. The van der Waals surface area contributed by atoms with Crippen LogP contribution in [0, 0.1) is 6.92 Å². The highest BCUT2D eigenvalue weighted by Gasteiger charge is 2.12. The number of hydrogen-bond acceptors (Lipinski definition) is 1. The molecule has 1 aromatic carbocycles. The summed E-state index contributed by atoms with van der Waals surface area (Å²) in [5.74, 6) is 0. The zero-order valence-corrected chi connectivity index (χ0v) is 16.4. The van der Waals surface area contributed by atoms with Gasteiger partial charge in [-0.3, -0.25) is 0 Å². The maximum absolute atomic E-state index is 4.33. The molecule has 0 radical (unpaired) electrons. The molecule has 0 atom stereocenters. The molecule has 0 unspecified atom stereocenters. The van der Waals surface area contributed by atoms with Gasteiger partial charge in [-0.15, -0.1) is 0 Å². The van der Waals surface area contributed by atoms with Gasteiger partial charge in [0, 0.05) is 17.3 Å². The lowest BCUT2D eigenvalue weighted by Crippen LogP contribution is -2.27.